The number of thioether (sulfide) groups is 1. The molecule has 0 unspecified atom stereocenters. The SMILES string of the molecule is CSc1cccc(NC(=O)c2cccc(F)c2Br)c1. The molecule has 5 heteroatoms. The third-order valence-electron chi connectivity index (χ3n) is 2.52. The normalized spacial score (nSPS) is 10.3. The van der Waals surface area contributed by atoms with Crippen LogP contribution in [-0.2, 0) is 0 Å². The summed E-state index contributed by atoms with van der Waals surface area (Å²) in [4.78, 5) is 13.1. The van der Waals surface area contributed by atoms with Crippen LogP contribution in [-0.4, -0.2) is 12.2 Å². The summed E-state index contributed by atoms with van der Waals surface area (Å²) >= 11 is 4.67. The fourth-order valence-electron chi connectivity index (χ4n) is 1.58. The van der Waals surface area contributed by atoms with Crippen LogP contribution in [0.4, 0.5) is 10.1 Å². The van der Waals surface area contributed by atoms with Crippen molar-refractivity contribution in [1.29, 1.82) is 0 Å². The van der Waals surface area contributed by atoms with Gasteiger partial charge in [-0.1, -0.05) is 12.1 Å². The van der Waals surface area contributed by atoms with Crippen molar-refractivity contribution in [3.05, 3.63) is 58.3 Å². The largest absolute Gasteiger partial charge is 0.322 e. The van der Waals surface area contributed by atoms with Crippen LogP contribution in [0, 0.1) is 5.82 Å². The van der Waals surface area contributed by atoms with Gasteiger partial charge in [-0.15, -0.1) is 11.8 Å². The summed E-state index contributed by atoms with van der Waals surface area (Å²) in [6.07, 6.45) is 1.96. The molecule has 0 aliphatic carbocycles. The fraction of sp³-hybridized carbons (Fsp3) is 0.0714. The first kappa shape index (κ1) is 14.1. The first-order valence-corrected chi connectivity index (χ1v) is 7.53. The summed E-state index contributed by atoms with van der Waals surface area (Å²) in [7, 11) is 0. The Morgan fingerprint density at radius 1 is 1.26 bits per heavy atom. The lowest BCUT2D eigenvalue weighted by molar-refractivity contribution is 0.102. The third-order valence-corrected chi connectivity index (χ3v) is 4.06. The first-order valence-electron chi connectivity index (χ1n) is 5.51. The predicted octanol–water partition coefficient (Wildman–Crippen LogP) is 4.56. The minimum absolute atomic E-state index is 0.175. The quantitative estimate of drug-likeness (QED) is 0.830. The zero-order chi connectivity index (χ0) is 13.8. The number of hydrogen-bond donors (Lipinski definition) is 1. The number of carbonyl (C=O) groups is 1. The highest BCUT2D eigenvalue weighted by atomic mass is 79.9. The van der Waals surface area contributed by atoms with Crippen LogP contribution in [0.3, 0.4) is 0 Å². The van der Waals surface area contributed by atoms with E-state index in [9.17, 15) is 9.18 Å². The van der Waals surface area contributed by atoms with Crippen LogP contribution >= 0.6 is 27.7 Å². The molecule has 0 saturated carbocycles. The molecule has 19 heavy (non-hydrogen) atoms. The van der Waals surface area contributed by atoms with E-state index in [1.165, 1.54) is 12.1 Å². The Morgan fingerprint density at radius 2 is 2.00 bits per heavy atom. The summed E-state index contributed by atoms with van der Waals surface area (Å²) in [5.74, 6) is -0.796. The number of nitrogens with one attached hydrogen (secondary N) is 1. The first-order chi connectivity index (χ1) is 9.11. The number of hydrogen-bond acceptors (Lipinski definition) is 2. The van der Waals surface area contributed by atoms with Gasteiger partial charge in [0, 0.05) is 10.6 Å². The molecule has 98 valence electrons. The molecule has 0 spiro atoms. The molecule has 0 aliphatic heterocycles. The van der Waals surface area contributed by atoms with E-state index in [4.69, 9.17) is 0 Å². The summed E-state index contributed by atoms with van der Waals surface area (Å²) in [6, 6.07) is 11.9. The van der Waals surface area contributed by atoms with Crippen molar-refractivity contribution in [2.75, 3.05) is 11.6 Å². The Morgan fingerprint density at radius 3 is 2.74 bits per heavy atom. The number of halogens is 2. The summed E-state index contributed by atoms with van der Waals surface area (Å²) < 4.78 is 13.5. The molecule has 0 aliphatic rings. The van der Waals surface area contributed by atoms with E-state index in [1.807, 2.05) is 24.5 Å². The van der Waals surface area contributed by atoms with E-state index >= 15 is 0 Å². The van der Waals surface area contributed by atoms with Gasteiger partial charge in [0.15, 0.2) is 0 Å². The Hall–Kier alpha value is -1.33. The van der Waals surface area contributed by atoms with Gasteiger partial charge in [-0.05, 0) is 52.5 Å². The van der Waals surface area contributed by atoms with Crippen molar-refractivity contribution in [3.8, 4) is 0 Å². The van der Waals surface area contributed by atoms with Crippen molar-refractivity contribution in [1.82, 2.24) is 0 Å². The zero-order valence-corrected chi connectivity index (χ0v) is 12.5. The monoisotopic (exact) mass is 339 g/mol. The van der Waals surface area contributed by atoms with Gasteiger partial charge in [0.05, 0.1) is 10.0 Å². The number of benzene rings is 2. The van der Waals surface area contributed by atoms with Gasteiger partial charge in [0.1, 0.15) is 5.82 Å². The van der Waals surface area contributed by atoms with Crippen LogP contribution in [0.5, 0.6) is 0 Å². The highest BCUT2D eigenvalue weighted by molar-refractivity contribution is 9.10. The molecular weight excluding hydrogens is 329 g/mol. The van der Waals surface area contributed by atoms with E-state index in [0.717, 1.165) is 4.90 Å². The lowest BCUT2D eigenvalue weighted by atomic mass is 10.2. The number of anilines is 1. The third kappa shape index (κ3) is 3.36. The van der Waals surface area contributed by atoms with E-state index in [-0.39, 0.29) is 15.9 Å². The minimum Gasteiger partial charge on any atom is -0.322 e. The van der Waals surface area contributed by atoms with E-state index in [0.29, 0.717) is 5.69 Å². The molecule has 0 heterocycles. The molecule has 2 nitrogen and oxygen atoms in total. The van der Waals surface area contributed by atoms with Gasteiger partial charge in [0.25, 0.3) is 5.91 Å². The van der Waals surface area contributed by atoms with Crippen molar-refractivity contribution >= 4 is 39.3 Å². The molecule has 2 aromatic rings. The number of amides is 1. The highest BCUT2D eigenvalue weighted by Gasteiger charge is 2.13. The molecule has 1 N–H and O–H groups in total. The van der Waals surface area contributed by atoms with E-state index in [1.54, 1.807) is 23.9 Å². The van der Waals surface area contributed by atoms with Crippen LogP contribution in [0.2, 0.25) is 0 Å². The van der Waals surface area contributed by atoms with Crippen LogP contribution < -0.4 is 5.32 Å². The molecule has 2 rings (SSSR count). The molecule has 0 radical (unpaired) electrons. The lowest BCUT2D eigenvalue weighted by Gasteiger charge is -2.08. The maximum absolute atomic E-state index is 13.4. The Labute approximate surface area is 123 Å². The second kappa shape index (κ2) is 6.21. The maximum atomic E-state index is 13.4. The molecule has 2 aromatic carbocycles. The molecule has 0 aromatic heterocycles. The van der Waals surface area contributed by atoms with Gasteiger partial charge < -0.3 is 5.32 Å². The smallest absolute Gasteiger partial charge is 0.256 e. The Kier molecular flexibility index (Phi) is 4.61. The number of rotatable bonds is 3. The van der Waals surface area contributed by atoms with Crippen molar-refractivity contribution in [3.63, 3.8) is 0 Å². The molecular formula is C14H11BrFNOS. The standard InChI is InChI=1S/C14H11BrFNOS/c1-19-10-5-2-4-9(8-10)17-14(18)11-6-3-7-12(16)13(11)15/h2-8H,1H3,(H,17,18). The second-order valence-electron chi connectivity index (χ2n) is 3.79. The average Bonchev–Trinajstić information content (AvgIpc) is 2.42. The van der Waals surface area contributed by atoms with Crippen molar-refractivity contribution < 1.29 is 9.18 Å². The predicted molar refractivity (Wildman–Crippen MR) is 80.3 cm³/mol. The van der Waals surface area contributed by atoms with Gasteiger partial charge in [0.2, 0.25) is 0 Å². The van der Waals surface area contributed by atoms with E-state index < -0.39 is 5.82 Å². The van der Waals surface area contributed by atoms with E-state index in [2.05, 4.69) is 21.2 Å². The van der Waals surface area contributed by atoms with Crippen LogP contribution in [0.25, 0.3) is 0 Å². The van der Waals surface area contributed by atoms with Crippen molar-refractivity contribution in [2.45, 2.75) is 4.90 Å². The van der Waals surface area contributed by atoms with Crippen LogP contribution in [0.15, 0.2) is 51.8 Å². The molecule has 0 fully saturated rings. The van der Waals surface area contributed by atoms with Gasteiger partial charge >= 0.3 is 0 Å². The lowest BCUT2D eigenvalue weighted by Crippen LogP contribution is -2.13. The molecule has 1 amide bonds. The summed E-state index contributed by atoms with van der Waals surface area (Å²) in [5.41, 5.74) is 0.961. The molecule has 0 bridgehead atoms. The summed E-state index contributed by atoms with van der Waals surface area (Å²) in [5, 5.41) is 2.75. The summed E-state index contributed by atoms with van der Waals surface area (Å²) in [6.45, 7) is 0. The molecule has 0 saturated heterocycles. The van der Waals surface area contributed by atoms with Gasteiger partial charge in [-0.2, -0.15) is 0 Å². The van der Waals surface area contributed by atoms with Gasteiger partial charge in [-0.3, -0.25) is 4.79 Å². The van der Waals surface area contributed by atoms with Crippen LogP contribution in [0.1, 0.15) is 10.4 Å². The zero-order valence-electron chi connectivity index (χ0n) is 10.1. The fourth-order valence-corrected chi connectivity index (χ4v) is 2.48. The highest BCUT2D eigenvalue weighted by Crippen LogP contribution is 2.23. The minimum atomic E-state index is -0.453. The number of carbonyl (C=O) groups excluding carboxylic acids is 1. The average molecular weight is 340 g/mol. The molecule has 0 atom stereocenters. The Balaban J connectivity index is 2.23. The Bertz CT molecular complexity index is 618. The van der Waals surface area contributed by atoms with Gasteiger partial charge in [-0.25, -0.2) is 4.39 Å². The maximum Gasteiger partial charge on any atom is 0.256 e. The second-order valence-corrected chi connectivity index (χ2v) is 5.46. The topological polar surface area (TPSA) is 29.1 Å². The van der Waals surface area contributed by atoms with Crippen molar-refractivity contribution in [2.24, 2.45) is 0 Å².